The summed E-state index contributed by atoms with van der Waals surface area (Å²) in [5.74, 6) is 0.786. The minimum atomic E-state index is 0.786. The van der Waals surface area contributed by atoms with Crippen molar-refractivity contribution in [1.29, 1.82) is 0 Å². The fourth-order valence-electron chi connectivity index (χ4n) is 0.320. The molecule has 0 unspecified atom stereocenters. The van der Waals surface area contributed by atoms with Crippen LogP contribution in [0.5, 0.6) is 0 Å². The highest BCUT2D eigenvalue weighted by Gasteiger charge is 1.78. The van der Waals surface area contributed by atoms with Crippen molar-refractivity contribution >= 4 is 18.3 Å². The maximum absolute atomic E-state index is 4.08. The molecule has 0 aliphatic rings. The van der Waals surface area contributed by atoms with Gasteiger partial charge in [-0.3, -0.25) is 4.99 Å². The van der Waals surface area contributed by atoms with Crippen LogP contribution in [0.1, 0.15) is 13.8 Å². The summed E-state index contributed by atoms with van der Waals surface area (Å²) in [6.45, 7) is 4.88. The van der Waals surface area contributed by atoms with Crippen LogP contribution in [-0.2, 0) is 0 Å². The molecular weight excluding hydrogens is 106 g/mol. The Balaban J connectivity index is 3.29. The first-order valence-electron chi connectivity index (χ1n) is 2.42. The van der Waals surface area contributed by atoms with Gasteiger partial charge in [0.05, 0.1) is 0 Å². The molecule has 0 radical (unpaired) electrons. The number of hydrogen-bond donors (Lipinski definition) is 1. The molecule has 7 heavy (non-hydrogen) atoms. The fourth-order valence-corrected chi connectivity index (χ4v) is 0.420. The highest BCUT2D eigenvalue weighted by molar-refractivity contribution is 7.81. The van der Waals surface area contributed by atoms with E-state index in [0.717, 1.165) is 18.0 Å². The van der Waals surface area contributed by atoms with Gasteiger partial charge in [-0.2, -0.15) is 12.6 Å². The van der Waals surface area contributed by atoms with Crippen molar-refractivity contribution in [3.05, 3.63) is 0 Å². The molecule has 0 heterocycles. The van der Waals surface area contributed by atoms with Crippen LogP contribution in [0.15, 0.2) is 4.99 Å². The van der Waals surface area contributed by atoms with Gasteiger partial charge in [-0.25, -0.2) is 0 Å². The lowest BCUT2D eigenvalue weighted by molar-refractivity contribution is 1.12. The van der Waals surface area contributed by atoms with Gasteiger partial charge in [-0.05, 0) is 13.8 Å². The Morgan fingerprint density at radius 1 is 1.71 bits per heavy atom. The van der Waals surface area contributed by atoms with Gasteiger partial charge in [0.1, 0.15) is 0 Å². The predicted octanol–water partition coefficient (Wildman–Crippen LogP) is 1.40. The molecule has 0 saturated heterocycles. The summed E-state index contributed by atoms with van der Waals surface area (Å²) in [6.07, 6.45) is 0. The molecule has 0 spiro atoms. The van der Waals surface area contributed by atoms with Crippen LogP contribution in [0.25, 0.3) is 0 Å². The van der Waals surface area contributed by atoms with Gasteiger partial charge in [-0.1, -0.05) is 0 Å². The summed E-state index contributed by atoms with van der Waals surface area (Å²) in [7, 11) is 0. The Labute approximate surface area is 50.2 Å². The molecule has 0 amide bonds. The van der Waals surface area contributed by atoms with Crippen molar-refractivity contribution < 1.29 is 0 Å². The Hall–Kier alpha value is 0.0200. The van der Waals surface area contributed by atoms with Crippen molar-refractivity contribution in [2.45, 2.75) is 13.8 Å². The van der Waals surface area contributed by atoms with Crippen LogP contribution in [0.4, 0.5) is 0 Å². The second-order valence-electron chi connectivity index (χ2n) is 1.37. The Kier molecular flexibility index (Phi) is 4.20. The Morgan fingerprint density at radius 3 is 2.43 bits per heavy atom. The Bertz CT molecular complexity index is 68.5. The topological polar surface area (TPSA) is 12.4 Å². The number of rotatable bonds is 2. The van der Waals surface area contributed by atoms with Gasteiger partial charge in [-0.15, -0.1) is 0 Å². The van der Waals surface area contributed by atoms with Crippen LogP contribution in [-0.4, -0.2) is 18.0 Å². The predicted molar refractivity (Wildman–Crippen MR) is 37.5 cm³/mol. The molecule has 0 aliphatic carbocycles. The summed E-state index contributed by atoms with van der Waals surface area (Å²) in [6, 6.07) is 0. The molecule has 0 N–H and O–H groups in total. The van der Waals surface area contributed by atoms with Crippen molar-refractivity contribution in [2.75, 3.05) is 12.3 Å². The molecule has 0 aromatic rings. The minimum absolute atomic E-state index is 0.786. The summed E-state index contributed by atoms with van der Waals surface area (Å²) in [5.41, 5.74) is 1.12. The lowest BCUT2D eigenvalue weighted by Crippen LogP contribution is -1.91. The molecule has 0 saturated carbocycles. The number of hydrogen-bond acceptors (Lipinski definition) is 2. The lowest BCUT2D eigenvalue weighted by Gasteiger charge is -1.87. The van der Waals surface area contributed by atoms with Crippen molar-refractivity contribution in [3.8, 4) is 0 Å². The van der Waals surface area contributed by atoms with E-state index in [4.69, 9.17) is 0 Å². The van der Waals surface area contributed by atoms with Gasteiger partial charge in [0.25, 0.3) is 0 Å². The molecule has 0 aromatic carbocycles. The summed E-state index contributed by atoms with van der Waals surface area (Å²) < 4.78 is 0. The minimum Gasteiger partial charge on any atom is -0.294 e. The molecule has 42 valence electrons. The largest absolute Gasteiger partial charge is 0.294 e. The van der Waals surface area contributed by atoms with E-state index in [1.165, 1.54) is 0 Å². The van der Waals surface area contributed by atoms with Gasteiger partial charge >= 0.3 is 0 Å². The summed E-state index contributed by atoms with van der Waals surface area (Å²) in [4.78, 5) is 4.08. The van der Waals surface area contributed by atoms with E-state index >= 15 is 0 Å². The van der Waals surface area contributed by atoms with E-state index in [9.17, 15) is 0 Å². The third kappa shape index (κ3) is 3.86. The zero-order valence-electron chi connectivity index (χ0n) is 4.81. The van der Waals surface area contributed by atoms with Crippen molar-refractivity contribution in [3.63, 3.8) is 0 Å². The zero-order chi connectivity index (χ0) is 5.70. The first-order valence-corrected chi connectivity index (χ1v) is 3.05. The average molecular weight is 117 g/mol. The van der Waals surface area contributed by atoms with Gasteiger partial charge in [0.2, 0.25) is 0 Å². The molecule has 0 fully saturated rings. The van der Waals surface area contributed by atoms with Crippen LogP contribution in [0, 0.1) is 0 Å². The smallest absolute Gasteiger partial charge is 0.0360 e. The Morgan fingerprint density at radius 2 is 2.29 bits per heavy atom. The molecule has 1 nitrogen and oxygen atoms in total. The monoisotopic (exact) mass is 117 g/mol. The maximum atomic E-state index is 4.08. The van der Waals surface area contributed by atoms with E-state index in [1.807, 2.05) is 13.8 Å². The average Bonchev–Trinajstić information content (AvgIpc) is 1.68. The van der Waals surface area contributed by atoms with Gasteiger partial charge < -0.3 is 0 Å². The highest BCUT2D eigenvalue weighted by Crippen LogP contribution is 1.79. The first kappa shape index (κ1) is 7.02. The fraction of sp³-hybridized carbons (Fsp3) is 0.800. The maximum Gasteiger partial charge on any atom is 0.0360 e. The van der Waals surface area contributed by atoms with Crippen molar-refractivity contribution in [1.82, 2.24) is 0 Å². The zero-order valence-corrected chi connectivity index (χ0v) is 5.70. The van der Waals surface area contributed by atoms with E-state index < -0.39 is 0 Å². The molecule has 0 aliphatic heterocycles. The summed E-state index contributed by atoms with van der Waals surface area (Å²) >= 11 is 4.02. The molecule has 0 rings (SSSR count). The second-order valence-corrected chi connectivity index (χ2v) is 1.68. The van der Waals surface area contributed by atoms with Crippen LogP contribution in [0.2, 0.25) is 0 Å². The molecule has 0 atom stereocenters. The van der Waals surface area contributed by atoms with Crippen LogP contribution >= 0.6 is 12.6 Å². The summed E-state index contributed by atoms with van der Waals surface area (Å²) in [5, 5.41) is 0. The van der Waals surface area contributed by atoms with Gasteiger partial charge in [0.15, 0.2) is 0 Å². The molecule has 0 bridgehead atoms. The SMILES string of the molecule is CCN=C(C)CS. The van der Waals surface area contributed by atoms with E-state index in [-0.39, 0.29) is 0 Å². The lowest BCUT2D eigenvalue weighted by atomic mass is 10.5. The van der Waals surface area contributed by atoms with Crippen LogP contribution < -0.4 is 0 Å². The van der Waals surface area contributed by atoms with Crippen LogP contribution in [0.3, 0.4) is 0 Å². The molecule has 2 heteroatoms. The second kappa shape index (κ2) is 4.19. The molecule has 0 aromatic heterocycles. The van der Waals surface area contributed by atoms with Gasteiger partial charge in [0, 0.05) is 18.0 Å². The quantitative estimate of drug-likeness (QED) is 0.414. The van der Waals surface area contributed by atoms with E-state index in [0.29, 0.717) is 0 Å². The molecular formula is C5H11NS. The van der Waals surface area contributed by atoms with E-state index in [1.54, 1.807) is 0 Å². The standard InChI is InChI=1S/C5H11NS/c1-3-6-5(2)4-7/h7H,3-4H2,1-2H3. The number of thiol groups is 1. The third-order valence-electron chi connectivity index (χ3n) is 0.657. The van der Waals surface area contributed by atoms with E-state index in [2.05, 4.69) is 17.6 Å². The first-order chi connectivity index (χ1) is 3.31. The normalized spacial score (nSPS) is 12.1. The number of aliphatic imine (C=N–C) groups is 1. The third-order valence-corrected chi connectivity index (χ3v) is 1.11. The van der Waals surface area contributed by atoms with Crippen molar-refractivity contribution in [2.24, 2.45) is 4.99 Å². The highest BCUT2D eigenvalue weighted by atomic mass is 32.1. The number of nitrogens with zero attached hydrogens (tertiary/aromatic N) is 1.